The van der Waals surface area contributed by atoms with E-state index < -0.39 is 0 Å². The minimum atomic E-state index is 0.295. The van der Waals surface area contributed by atoms with Crippen LogP contribution in [0, 0.1) is 0 Å². The Kier molecular flexibility index (Phi) is 6.78. The lowest BCUT2D eigenvalue weighted by atomic mass is 9.95. The molecule has 1 atom stereocenters. The minimum Gasteiger partial charge on any atom is -0.339 e. The molecule has 1 fully saturated rings. The van der Waals surface area contributed by atoms with Gasteiger partial charge in [-0.1, -0.05) is 36.4 Å². The number of nitrogens with zero attached hydrogens (tertiary/aromatic N) is 3. The third-order valence-corrected chi connectivity index (χ3v) is 5.14. The van der Waals surface area contributed by atoms with E-state index in [0.29, 0.717) is 18.4 Å². The highest BCUT2D eigenvalue weighted by Gasteiger charge is 2.26. The molecular weight excluding hydrogens is 322 g/mol. The van der Waals surface area contributed by atoms with E-state index in [1.54, 1.807) is 6.20 Å². The molecule has 1 aliphatic heterocycles. The number of benzene rings is 1. The van der Waals surface area contributed by atoms with E-state index in [4.69, 9.17) is 0 Å². The minimum absolute atomic E-state index is 0.295. The van der Waals surface area contributed by atoms with Crippen molar-refractivity contribution in [2.24, 2.45) is 0 Å². The predicted octanol–water partition coefficient (Wildman–Crippen LogP) is 3.53. The lowest BCUT2D eigenvalue weighted by molar-refractivity contribution is -0.135. The Balaban J connectivity index is 1.51. The Bertz CT molecular complexity index is 674. The number of carbonyl (C=O) groups excluding carboxylic acids is 1. The molecule has 0 N–H and O–H groups in total. The Hall–Kier alpha value is -2.20. The first kappa shape index (κ1) is 18.6. The summed E-state index contributed by atoms with van der Waals surface area (Å²) in [4.78, 5) is 21.3. The van der Waals surface area contributed by atoms with Gasteiger partial charge in [-0.25, -0.2) is 0 Å². The van der Waals surface area contributed by atoms with E-state index in [-0.39, 0.29) is 0 Å². The van der Waals surface area contributed by atoms with E-state index in [0.717, 1.165) is 38.9 Å². The number of hydrogen-bond donors (Lipinski definition) is 0. The summed E-state index contributed by atoms with van der Waals surface area (Å²) < 4.78 is 0. The van der Waals surface area contributed by atoms with Crippen molar-refractivity contribution in [2.45, 2.75) is 44.7 Å². The Morgan fingerprint density at radius 1 is 1.15 bits per heavy atom. The highest BCUT2D eigenvalue weighted by Crippen LogP contribution is 2.21. The van der Waals surface area contributed by atoms with Crippen LogP contribution in [0.1, 0.15) is 36.8 Å². The molecule has 1 aromatic carbocycles. The molecule has 4 nitrogen and oxygen atoms in total. The van der Waals surface area contributed by atoms with Crippen molar-refractivity contribution in [2.75, 3.05) is 20.1 Å². The fourth-order valence-corrected chi connectivity index (χ4v) is 3.74. The molecule has 0 spiro atoms. The fraction of sp³-hybridized carbons (Fsp3) is 0.455. The van der Waals surface area contributed by atoms with E-state index in [1.165, 1.54) is 17.5 Å². The summed E-state index contributed by atoms with van der Waals surface area (Å²) >= 11 is 0. The second kappa shape index (κ2) is 9.48. The predicted molar refractivity (Wildman–Crippen MR) is 105 cm³/mol. The molecule has 1 saturated heterocycles. The van der Waals surface area contributed by atoms with Crippen molar-refractivity contribution in [3.63, 3.8) is 0 Å². The quantitative estimate of drug-likeness (QED) is 0.766. The van der Waals surface area contributed by atoms with E-state index >= 15 is 0 Å². The van der Waals surface area contributed by atoms with E-state index in [1.807, 2.05) is 18.3 Å². The number of piperidine rings is 1. The van der Waals surface area contributed by atoms with Crippen LogP contribution in [0.3, 0.4) is 0 Å². The summed E-state index contributed by atoms with van der Waals surface area (Å²) in [6, 6.07) is 14.9. The van der Waals surface area contributed by atoms with Gasteiger partial charge in [-0.15, -0.1) is 0 Å². The SMILES string of the molecule is CN(CCC(=O)N1CCCCC1Cc1ccccc1)Cc1cccnc1. The third kappa shape index (κ3) is 5.40. The molecule has 1 aromatic heterocycles. The third-order valence-electron chi connectivity index (χ3n) is 5.14. The van der Waals surface area contributed by atoms with Gasteiger partial charge in [0, 0.05) is 44.5 Å². The number of rotatable bonds is 7. The topological polar surface area (TPSA) is 36.4 Å². The maximum atomic E-state index is 12.8. The average molecular weight is 351 g/mol. The Morgan fingerprint density at radius 3 is 2.73 bits per heavy atom. The number of hydrogen-bond acceptors (Lipinski definition) is 3. The normalized spacial score (nSPS) is 17.5. The summed E-state index contributed by atoms with van der Waals surface area (Å²) in [5.41, 5.74) is 2.51. The lowest BCUT2D eigenvalue weighted by Crippen LogP contribution is -2.45. The molecule has 138 valence electrons. The van der Waals surface area contributed by atoms with E-state index in [9.17, 15) is 4.79 Å². The van der Waals surface area contributed by atoms with Crippen molar-refractivity contribution in [1.29, 1.82) is 0 Å². The highest BCUT2D eigenvalue weighted by atomic mass is 16.2. The van der Waals surface area contributed by atoms with Crippen LogP contribution in [0.4, 0.5) is 0 Å². The van der Waals surface area contributed by atoms with Gasteiger partial charge in [-0.2, -0.15) is 0 Å². The fourth-order valence-electron chi connectivity index (χ4n) is 3.74. The van der Waals surface area contributed by atoms with Gasteiger partial charge in [0.1, 0.15) is 0 Å². The summed E-state index contributed by atoms with van der Waals surface area (Å²) in [7, 11) is 2.07. The standard InChI is InChI=1S/C22H29N3O/c1-24(18-20-10-7-13-23-17-20)15-12-22(26)25-14-6-5-11-21(25)16-19-8-3-2-4-9-19/h2-4,7-10,13,17,21H,5-6,11-12,14-16,18H2,1H3. The van der Waals surface area contributed by atoms with Crippen LogP contribution in [0.15, 0.2) is 54.9 Å². The smallest absolute Gasteiger partial charge is 0.224 e. The van der Waals surface area contributed by atoms with Crippen LogP contribution < -0.4 is 0 Å². The number of likely N-dealkylation sites (tertiary alicyclic amines) is 1. The molecule has 2 heterocycles. The zero-order valence-electron chi connectivity index (χ0n) is 15.7. The van der Waals surface area contributed by atoms with Crippen molar-refractivity contribution >= 4 is 5.91 Å². The second-order valence-corrected chi connectivity index (χ2v) is 7.28. The van der Waals surface area contributed by atoms with Crippen LogP contribution in [0.2, 0.25) is 0 Å². The second-order valence-electron chi connectivity index (χ2n) is 7.28. The van der Waals surface area contributed by atoms with Crippen LogP contribution in [-0.4, -0.2) is 46.9 Å². The van der Waals surface area contributed by atoms with Gasteiger partial charge in [-0.3, -0.25) is 9.78 Å². The van der Waals surface area contributed by atoms with Gasteiger partial charge in [0.05, 0.1) is 0 Å². The summed E-state index contributed by atoms with van der Waals surface area (Å²) in [6.45, 7) is 2.51. The Morgan fingerprint density at radius 2 is 1.96 bits per heavy atom. The summed E-state index contributed by atoms with van der Waals surface area (Å²) in [5, 5.41) is 0. The molecule has 4 heteroatoms. The Labute approximate surface area is 156 Å². The van der Waals surface area contributed by atoms with Crippen molar-refractivity contribution in [3.8, 4) is 0 Å². The van der Waals surface area contributed by atoms with Crippen LogP contribution >= 0.6 is 0 Å². The first-order valence-corrected chi connectivity index (χ1v) is 9.63. The van der Waals surface area contributed by atoms with Crippen LogP contribution in [0.5, 0.6) is 0 Å². The zero-order chi connectivity index (χ0) is 18.2. The zero-order valence-corrected chi connectivity index (χ0v) is 15.7. The molecule has 2 aromatic rings. The maximum absolute atomic E-state index is 12.8. The van der Waals surface area contributed by atoms with Crippen LogP contribution in [0.25, 0.3) is 0 Å². The highest BCUT2D eigenvalue weighted by molar-refractivity contribution is 5.76. The molecule has 1 aliphatic rings. The van der Waals surface area contributed by atoms with Crippen molar-refractivity contribution in [1.82, 2.24) is 14.8 Å². The van der Waals surface area contributed by atoms with Gasteiger partial charge in [0.25, 0.3) is 0 Å². The molecular formula is C22H29N3O. The largest absolute Gasteiger partial charge is 0.339 e. The number of amides is 1. The molecule has 0 radical (unpaired) electrons. The van der Waals surface area contributed by atoms with Gasteiger partial charge in [0.15, 0.2) is 0 Å². The van der Waals surface area contributed by atoms with Gasteiger partial charge < -0.3 is 9.80 Å². The molecule has 0 aliphatic carbocycles. The lowest BCUT2D eigenvalue weighted by Gasteiger charge is -2.36. The molecule has 3 rings (SSSR count). The molecule has 1 unspecified atom stereocenters. The van der Waals surface area contributed by atoms with Crippen molar-refractivity contribution in [3.05, 3.63) is 66.0 Å². The van der Waals surface area contributed by atoms with Crippen LogP contribution in [-0.2, 0) is 17.8 Å². The van der Waals surface area contributed by atoms with Gasteiger partial charge in [-0.05, 0) is 49.9 Å². The first-order valence-electron chi connectivity index (χ1n) is 9.63. The number of carbonyl (C=O) groups is 1. The average Bonchev–Trinajstić information content (AvgIpc) is 2.68. The summed E-state index contributed by atoms with van der Waals surface area (Å²) in [5.74, 6) is 0.295. The molecule has 0 saturated carbocycles. The van der Waals surface area contributed by atoms with E-state index in [2.05, 4.69) is 52.2 Å². The van der Waals surface area contributed by atoms with Gasteiger partial charge in [0.2, 0.25) is 5.91 Å². The number of pyridine rings is 1. The first-order chi connectivity index (χ1) is 12.7. The monoisotopic (exact) mass is 351 g/mol. The van der Waals surface area contributed by atoms with Gasteiger partial charge >= 0.3 is 0 Å². The molecule has 26 heavy (non-hydrogen) atoms. The maximum Gasteiger partial charge on any atom is 0.224 e. The molecule has 1 amide bonds. The summed E-state index contributed by atoms with van der Waals surface area (Å²) in [6.07, 6.45) is 8.70. The van der Waals surface area contributed by atoms with Crippen molar-refractivity contribution < 1.29 is 4.79 Å². The number of aromatic nitrogens is 1. The molecule has 0 bridgehead atoms.